The monoisotopic (exact) mass is 384 g/mol. The van der Waals surface area contributed by atoms with Gasteiger partial charge < -0.3 is 9.15 Å². The molecule has 0 N–H and O–H groups in total. The molecule has 3 aromatic carbocycles. The van der Waals surface area contributed by atoms with Crippen LogP contribution in [0.2, 0.25) is 0 Å². The molecule has 0 saturated heterocycles. The molecule has 0 unspecified atom stereocenters. The Balaban J connectivity index is 1.67. The van der Waals surface area contributed by atoms with Crippen LogP contribution in [0, 0.1) is 13.8 Å². The summed E-state index contributed by atoms with van der Waals surface area (Å²) >= 11 is 0. The summed E-state index contributed by atoms with van der Waals surface area (Å²) in [4.78, 5) is 24.6. The normalized spacial score (nSPS) is 10.8. The first kappa shape index (κ1) is 18.7. The van der Waals surface area contributed by atoms with Gasteiger partial charge in [0.1, 0.15) is 11.3 Å². The van der Waals surface area contributed by atoms with Gasteiger partial charge in [-0.1, -0.05) is 60.2 Å². The van der Waals surface area contributed by atoms with Gasteiger partial charge >= 0.3 is 5.63 Å². The van der Waals surface area contributed by atoms with Crippen molar-refractivity contribution >= 4 is 16.8 Å². The van der Waals surface area contributed by atoms with Crippen LogP contribution in [0.5, 0.6) is 5.75 Å². The van der Waals surface area contributed by atoms with E-state index in [1.54, 1.807) is 12.1 Å². The lowest BCUT2D eigenvalue weighted by Gasteiger charge is -2.12. The van der Waals surface area contributed by atoms with Crippen molar-refractivity contribution in [1.82, 2.24) is 0 Å². The van der Waals surface area contributed by atoms with Crippen LogP contribution in [0.3, 0.4) is 0 Å². The van der Waals surface area contributed by atoms with E-state index in [2.05, 4.69) is 0 Å². The van der Waals surface area contributed by atoms with Gasteiger partial charge in [0, 0.05) is 22.6 Å². The molecule has 0 saturated carbocycles. The van der Waals surface area contributed by atoms with E-state index < -0.39 is 5.63 Å². The Labute approximate surface area is 168 Å². The van der Waals surface area contributed by atoms with E-state index in [1.807, 2.05) is 68.4 Å². The van der Waals surface area contributed by atoms with Crippen LogP contribution in [-0.4, -0.2) is 12.4 Å². The highest BCUT2D eigenvalue weighted by Crippen LogP contribution is 2.33. The van der Waals surface area contributed by atoms with Crippen LogP contribution < -0.4 is 10.4 Å². The largest absolute Gasteiger partial charge is 0.485 e. The molecule has 0 fully saturated rings. The number of carbonyl (C=O) groups is 1. The quantitative estimate of drug-likeness (QED) is 0.344. The van der Waals surface area contributed by atoms with Crippen molar-refractivity contribution in [3.05, 3.63) is 99.9 Å². The van der Waals surface area contributed by atoms with Crippen molar-refractivity contribution in [2.24, 2.45) is 0 Å². The number of ether oxygens (including phenoxy) is 1. The first-order valence-corrected chi connectivity index (χ1v) is 9.38. The van der Waals surface area contributed by atoms with Crippen LogP contribution in [-0.2, 0) is 0 Å². The van der Waals surface area contributed by atoms with Crippen LogP contribution >= 0.6 is 0 Å². The summed E-state index contributed by atoms with van der Waals surface area (Å²) in [6, 6.07) is 22.2. The lowest BCUT2D eigenvalue weighted by molar-refractivity contribution is 0.0921. The number of ketones is 1. The third-order valence-corrected chi connectivity index (χ3v) is 4.93. The molecule has 0 atom stereocenters. The maximum absolute atomic E-state index is 12.4. The van der Waals surface area contributed by atoms with Crippen molar-refractivity contribution in [2.75, 3.05) is 6.61 Å². The summed E-state index contributed by atoms with van der Waals surface area (Å²) < 4.78 is 11.2. The molecule has 0 radical (unpaired) electrons. The van der Waals surface area contributed by atoms with E-state index in [9.17, 15) is 9.59 Å². The molecule has 0 amide bonds. The summed E-state index contributed by atoms with van der Waals surface area (Å²) in [6.07, 6.45) is 0. The summed E-state index contributed by atoms with van der Waals surface area (Å²) in [7, 11) is 0. The van der Waals surface area contributed by atoms with Gasteiger partial charge in [0.05, 0.1) is 0 Å². The zero-order valence-electron chi connectivity index (χ0n) is 16.3. The molecule has 4 aromatic rings. The highest BCUT2D eigenvalue weighted by atomic mass is 16.5. The molecule has 4 nitrogen and oxygen atoms in total. The minimum absolute atomic E-state index is 0.0853. The molecule has 0 spiro atoms. The average molecular weight is 384 g/mol. The van der Waals surface area contributed by atoms with Gasteiger partial charge in [0.25, 0.3) is 0 Å². The van der Waals surface area contributed by atoms with E-state index in [0.29, 0.717) is 22.5 Å². The Morgan fingerprint density at radius 3 is 2.38 bits per heavy atom. The van der Waals surface area contributed by atoms with Gasteiger partial charge in [-0.25, -0.2) is 4.79 Å². The van der Waals surface area contributed by atoms with Crippen molar-refractivity contribution in [2.45, 2.75) is 13.8 Å². The first-order chi connectivity index (χ1) is 14.0. The molecule has 1 heterocycles. The minimum Gasteiger partial charge on any atom is -0.485 e. The molecule has 0 aliphatic rings. The maximum atomic E-state index is 12.4. The number of Topliss-reactive ketones (excluding diaryl/α,β-unsaturated/α-hetero) is 1. The number of carbonyl (C=O) groups excluding carboxylic acids is 1. The molecule has 144 valence electrons. The number of hydrogen-bond donors (Lipinski definition) is 0. The van der Waals surface area contributed by atoms with Gasteiger partial charge in [0.2, 0.25) is 0 Å². The number of fused-ring (bicyclic) bond motifs is 1. The highest BCUT2D eigenvalue weighted by Gasteiger charge is 2.14. The molecule has 1 aromatic heterocycles. The van der Waals surface area contributed by atoms with E-state index in [0.717, 1.165) is 22.1 Å². The lowest BCUT2D eigenvalue weighted by atomic mass is 10.0. The fourth-order valence-corrected chi connectivity index (χ4v) is 3.32. The van der Waals surface area contributed by atoms with Crippen LogP contribution in [0.15, 0.2) is 82.0 Å². The summed E-state index contributed by atoms with van der Waals surface area (Å²) in [5, 5.41) is 0.825. The van der Waals surface area contributed by atoms with Crippen molar-refractivity contribution in [3.63, 3.8) is 0 Å². The molecule has 0 aliphatic carbocycles. The topological polar surface area (TPSA) is 56.5 Å². The zero-order chi connectivity index (χ0) is 20.4. The van der Waals surface area contributed by atoms with E-state index >= 15 is 0 Å². The Hall–Kier alpha value is -3.66. The Morgan fingerprint density at radius 1 is 0.931 bits per heavy atom. The second-order valence-corrected chi connectivity index (χ2v) is 6.99. The van der Waals surface area contributed by atoms with Crippen LogP contribution in [0.4, 0.5) is 0 Å². The highest BCUT2D eigenvalue weighted by molar-refractivity contribution is 5.98. The average Bonchev–Trinajstić information content (AvgIpc) is 2.74. The van der Waals surface area contributed by atoms with Gasteiger partial charge in [-0.15, -0.1) is 0 Å². The van der Waals surface area contributed by atoms with E-state index in [4.69, 9.17) is 9.15 Å². The molecule has 0 aliphatic heterocycles. The predicted octanol–water partition coefficient (Wildman–Crippen LogP) is 5.34. The Morgan fingerprint density at radius 2 is 1.66 bits per heavy atom. The van der Waals surface area contributed by atoms with Crippen molar-refractivity contribution in [1.29, 1.82) is 0 Å². The Kier molecular flexibility index (Phi) is 5.00. The standard InChI is InChI=1S/C25H20O4/c1-16-8-10-19(11-9-16)22(26)15-28-23-13-12-20-21(18-6-4-3-5-7-18)14-24(27)29-25(20)17(23)2/h3-14H,15H2,1-2H3. The van der Waals surface area contributed by atoms with E-state index in [-0.39, 0.29) is 12.4 Å². The zero-order valence-corrected chi connectivity index (χ0v) is 16.3. The molecule has 29 heavy (non-hydrogen) atoms. The number of hydrogen-bond acceptors (Lipinski definition) is 4. The summed E-state index contributed by atoms with van der Waals surface area (Å²) in [6.45, 7) is 3.71. The van der Waals surface area contributed by atoms with Gasteiger partial charge in [-0.3, -0.25) is 4.79 Å². The minimum atomic E-state index is -0.424. The molecular weight excluding hydrogens is 364 g/mol. The number of benzene rings is 3. The molecule has 0 bridgehead atoms. The van der Waals surface area contributed by atoms with Crippen LogP contribution in [0.25, 0.3) is 22.1 Å². The second kappa shape index (κ2) is 7.76. The van der Waals surface area contributed by atoms with Gasteiger partial charge in [-0.2, -0.15) is 0 Å². The molecule has 4 heteroatoms. The van der Waals surface area contributed by atoms with Crippen molar-refractivity contribution < 1.29 is 13.9 Å². The predicted molar refractivity (Wildman–Crippen MR) is 114 cm³/mol. The van der Waals surface area contributed by atoms with Crippen molar-refractivity contribution in [3.8, 4) is 16.9 Å². The molecular formula is C25H20O4. The number of aryl methyl sites for hydroxylation is 2. The van der Waals surface area contributed by atoms with E-state index in [1.165, 1.54) is 6.07 Å². The third kappa shape index (κ3) is 3.83. The number of rotatable bonds is 5. The smallest absolute Gasteiger partial charge is 0.336 e. The fourth-order valence-electron chi connectivity index (χ4n) is 3.32. The Bertz CT molecular complexity index is 1240. The maximum Gasteiger partial charge on any atom is 0.336 e. The van der Waals surface area contributed by atoms with Gasteiger partial charge in [0.15, 0.2) is 12.4 Å². The molecule has 4 rings (SSSR count). The fraction of sp³-hybridized carbons (Fsp3) is 0.120. The first-order valence-electron chi connectivity index (χ1n) is 9.38. The second-order valence-electron chi connectivity index (χ2n) is 6.99. The van der Waals surface area contributed by atoms with Gasteiger partial charge in [-0.05, 0) is 37.1 Å². The third-order valence-electron chi connectivity index (χ3n) is 4.93. The SMILES string of the molecule is Cc1ccc(C(=O)COc2ccc3c(-c4ccccc4)cc(=O)oc3c2C)cc1. The van der Waals surface area contributed by atoms with Crippen LogP contribution in [0.1, 0.15) is 21.5 Å². The summed E-state index contributed by atoms with van der Waals surface area (Å²) in [5.41, 5.74) is 4.18. The lowest BCUT2D eigenvalue weighted by Crippen LogP contribution is -2.12. The summed E-state index contributed by atoms with van der Waals surface area (Å²) in [5.74, 6) is 0.412.